The Bertz CT molecular complexity index is 850. The van der Waals surface area contributed by atoms with Crippen molar-refractivity contribution < 1.29 is 19.3 Å². The molecule has 4 heterocycles. The summed E-state index contributed by atoms with van der Waals surface area (Å²) in [4.78, 5) is 13.4. The summed E-state index contributed by atoms with van der Waals surface area (Å²) in [5, 5.41) is 13.2. The Hall–Kier alpha value is -1.81. The number of hydrogen-bond acceptors (Lipinski definition) is 8. The molecule has 2 aromatic heterocycles. The maximum absolute atomic E-state index is 9.71. The molecule has 0 spiro atoms. The monoisotopic (exact) mass is 389 g/mol. The van der Waals surface area contributed by atoms with Crippen LogP contribution in [0.15, 0.2) is 12.7 Å². The highest BCUT2D eigenvalue weighted by molar-refractivity contribution is 5.82. The Balaban J connectivity index is 1.42. The molecule has 28 heavy (non-hydrogen) atoms. The molecule has 0 unspecified atom stereocenters. The van der Waals surface area contributed by atoms with Crippen LogP contribution in [0.3, 0.4) is 0 Å². The average Bonchev–Trinajstić information content (AvgIpc) is 3.43. The molecule has 3 fully saturated rings. The molecule has 3 aliphatic rings. The molecule has 1 saturated carbocycles. The highest BCUT2D eigenvalue weighted by Crippen LogP contribution is 2.43. The number of anilines is 1. The SMILES string of the molecule is CC1(C)O[C@@H]2[C@H](O1)[C@@H](CO)O[C@H]2n1cnc2c(NCC3CCCC3)ncnc21. The van der Waals surface area contributed by atoms with Gasteiger partial charge in [0.1, 0.15) is 24.6 Å². The second-order valence-electron chi connectivity index (χ2n) is 8.39. The molecule has 9 nitrogen and oxygen atoms in total. The van der Waals surface area contributed by atoms with Gasteiger partial charge in [0.05, 0.1) is 12.9 Å². The summed E-state index contributed by atoms with van der Waals surface area (Å²) in [6, 6.07) is 0. The van der Waals surface area contributed by atoms with Crippen molar-refractivity contribution in [2.45, 2.75) is 69.9 Å². The van der Waals surface area contributed by atoms with E-state index in [9.17, 15) is 5.11 Å². The lowest BCUT2D eigenvalue weighted by Gasteiger charge is -2.24. The summed E-state index contributed by atoms with van der Waals surface area (Å²) in [6.45, 7) is 4.51. The molecule has 152 valence electrons. The van der Waals surface area contributed by atoms with Crippen LogP contribution in [0.1, 0.15) is 45.8 Å². The lowest BCUT2D eigenvalue weighted by molar-refractivity contribution is -0.199. The van der Waals surface area contributed by atoms with Gasteiger partial charge in [0.2, 0.25) is 0 Å². The van der Waals surface area contributed by atoms with Gasteiger partial charge in [0.15, 0.2) is 29.0 Å². The molecule has 0 radical (unpaired) electrons. The van der Waals surface area contributed by atoms with E-state index in [1.54, 1.807) is 12.7 Å². The van der Waals surface area contributed by atoms with Crippen molar-refractivity contribution in [2.24, 2.45) is 5.92 Å². The first kappa shape index (κ1) is 18.2. The molecule has 0 bridgehead atoms. The third-order valence-corrected chi connectivity index (χ3v) is 5.97. The van der Waals surface area contributed by atoms with Gasteiger partial charge in [0, 0.05) is 6.54 Å². The zero-order valence-corrected chi connectivity index (χ0v) is 16.2. The van der Waals surface area contributed by atoms with Crippen molar-refractivity contribution >= 4 is 17.0 Å². The van der Waals surface area contributed by atoms with Crippen LogP contribution >= 0.6 is 0 Å². The van der Waals surface area contributed by atoms with E-state index in [-0.39, 0.29) is 18.8 Å². The van der Waals surface area contributed by atoms with Crippen LogP contribution < -0.4 is 5.32 Å². The Morgan fingerprint density at radius 1 is 1.18 bits per heavy atom. The fraction of sp³-hybridized carbons (Fsp3) is 0.737. The Labute approximate surface area is 163 Å². The maximum Gasteiger partial charge on any atom is 0.167 e. The molecule has 0 amide bonds. The van der Waals surface area contributed by atoms with Gasteiger partial charge in [0.25, 0.3) is 0 Å². The van der Waals surface area contributed by atoms with Gasteiger partial charge >= 0.3 is 0 Å². The van der Waals surface area contributed by atoms with E-state index < -0.39 is 18.1 Å². The van der Waals surface area contributed by atoms with Gasteiger partial charge in [-0.25, -0.2) is 15.0 Å². The molecule has 2 aliphatic heterocycles. The fourth-order valence-electron chi connectivity index (χ4n) is 4.65. The Kier molecular flexibility index (Phi) is 4.50. The number of aliphatic hydroxyl groups is 1. The molecule has 2 aromatic rings. The molecule has 9 heteroatoms. The molecular formula is C19H27N5O4. The first-order valence-electron chi connectivity index (χ1n) is 10.1. The van der Waals surface area contributed by atoms with Crippen LogP contribution in [0.5, 0.6) is 0 Å². The second-order valence-corrected chi connectivity index (χ2v) is 8.39. The van der Waals surface area contributed by atoms with Gasteiger partial charge in [-0.15, -0.1) is 0 Å². The predicted octanol–water partition coefficient (Wildman–Crippen LogP) is 1.84. The third-order valence-electron chi connectivity index (χ3n) is 5.97. The van der Waals surface area contributed by atoms with Crippen molar-refractivity contribution in [3.8, 4) is 0 Å². The van der Waals surface area contributed by atoms with Crippen LogP contribution in [-0.4, -0.2) is 61.9 Å². The van der Waals surface area contributed by atoms with E-state index in [1.807, 2.05) is 18.4 Å². The summed E-state index contributed by atoms with van der Waals surface area (Å²) < 4.78 is 19.9. The number of fused-ring (bicyclic) bond motifs is 2. The average molecular weight is 389 g/mol. The van der Waals surface area contributed by atoms with E-state index in [4.69, 9.17) is 14.2 Å². The molecule has 2 saturated heterocycles. The largest absolute Gasteiger partial charge is 0.394 e. The zero-order chi connectivity index (χ0) is 19.3. The van der Waals surface area contributed by atoms with Crippen LogP contribution in [0.25, 0.3) is 11.2 Å². The number of nitrogens with one attached hydrogen (secondary N) is 1. The van der Waals surface area contributed by atoms with Crippen molar-refractivity contribution in [3.63, 3.8) is 0 Å². The normalized spacial score (nSPS) is 32.2. The van der Waals surface area contributed by atoms with E-state index in [1.165, 1.54) is 25.7 Å². The number of hydrogen-bond donors (Lipinski definition) is 2. The highest BCUT2D eigenvalue weighted by Gasteiger charge is 2.56. The molecule has 5 rings (SSSR count). The third kappa shape index (κ3) is 3.06. The smallest absolute Gasteiger partial charge is 0.167 e. The van der Waals surface area contributed by atoms with Crippen LogP contribution in [0, 0.1) is 5.92 Å². The number of aromatic nitrogens is 4. The standard InChI is InChI=1S/C19H27N5O4/c1-19(2)27-14-12(8-25)26-18(15(14)28-19)24-10-23-13-16(21-9-22-17(13)24)20-7-11-5-3-4-6-11/h9-12,14-15,18,25H,3-8H2,1-2H3,(H,20,21,22)/t12-,14-,15-,18-/m1/s1. The lowest BCUT2D eigenvalue weighted by atomic mass is 10.1. The molecule has 0 aromatic carbocycles. The molecule has 4 atom stereocenters. The number of rotatable bonds is 5. The summed E-state index contributed by atoms with van der Waals surface area (Å²) in [5.74, 6) is 0.722. The van der Waals surface area contributed by atoms with E-state index in [0.29, 0.717) is 17.1 Å². The number of imidazole rings is 1. The van der Waals surface area contributed by atoms with Gasteiger partial charge < -0.3 is 24.6 Å². The summed E-state index contributed by atoms with van der Waals surface area (Å²) in [6.07, 6.45) is 6.83. The number of ether oxygens (including phenoxy) is 3. The van der Waals surface area contributed by atoms with Crippen LogP contribution in [0.2, 0.25) is 0 Å². The zero-order valence-electron chi connectivity index (χ0n) is 16.2. The molecule has 2 N–H and O–H groups in total. The van der Waals surface area contributed by atoms with Gasteiger partial charge in [-0.1, -0.05) is 12.8 Å². The first-order valence-corrected chi connectivity index (χ1v) is 10.1. The summed E-state index contributed by atoms with van der Waals surface area (Å²) in [5.41, 5.74) is 1.39. The van der Waals surface area contributed by atoms with Gasteiger partial charge in [-0.3, -0.25) is 4.57 Å². The van der Waals surface area contributed by atoms with E-state index in [2.05, 4.69) is 20.3 Å². The fourth-order valence-corrected chi connectivity index (χ4v) is 4.65. The highest BCUT2D eigenvalue weighted by atomic mass is 16.8. The van der Waals surface area contributed by atoms with Crippen molar-refractivity contribution in [1.82, 2.24) is 19.5 Å². The van der Waals surface area contributed by atoms with E-state index in [0.717, 1.165) is 12.4 Å². The maximum atomic E-state index is 9.71. The summed E-state index contributed by atoms with van der Waals surface area (Å²) in [7, 11) is 0. The Morgan fingerprint density at radius 3 is 2.75 bits per heavy atom. The van der Waals surface area contributed by atoms with Crippen molar-refractivity contribution in [2.75, 3.05) is 18.5 Å². The predicted molar refractivity (Wildman–Crippen MR) is 101 cm³/mol. The molecular weight excluding hydrogens is 362 g/mol. The van der Waals surface area contributed by atoms with E-state index >= 15 is 0 Å². The van der Waals surface area contributed by atoms with Gasteiger partial charge in [-0.05, 0) is 32.6 Å². The van der Waals surface area contributed by atoms with Crippen LogP contribution in [0.4, 0.5) is 5.82 Å². The minimum Gasteiger partial charge on any atom is -0.394 e. The number of nitrogens with zero attached hydrogens (tertiary/aromatic N) is 4. The molecule has 1 aliphatic carbocycles. The second kappa shape index (κ2) is 6.91. The Morgan fingerprint density at radius 2 is 1.96 bits per heavy atom. The minimum absolute atomic E-state index is 0.132. The first-order chi connectivity index (χ1) is 13.6. The lowest BCUT2D eigenvalue weighted by Crippen LogP contribution is -2.31. The summed E-state index contributed by atoms with van der Waals surface area (Å²) >= 11 is 0. The number of aliphatic hydroxyl groups excluding tert-OH is 1. The van der Waals surface area contributed by atoms with Gasteiger partial charge in [-0.2, -0.15) is 0 Å². The van der Waals surface area contributed by atoms with Crippen molar-refractivity contribution in [1.29, 1.82) is 0 Å². The minimum atomic E-state index is -0.718. The van der Waals surface area contributed by atoms with Crippen molar-refractivity contribution in [3.05, 3.63) is 12.7 Å². The topological polar surface area (TPSA) is 104 Å². The quantitative estimate of drug-likeness (QED) is 0.798. The van der Waals surface area contributed by atoms with Crippen LogP contribution in [-0.2, 0) is 14.2 Å².